The topological polar surface area (TPSA) is 134 Å². The van der Waals surface area contributed by atoms with E-state index in [1.807, 2.05) is 36.1 Å². The van der Waals surface area contributed by atoms with Crippen molar-refractivity contribution in [3.63, 3.8) is 0 Å². The van der Waals surface area contributed by atoms with Crippen LogP contribution in [0.4, 0.5) is 11.4 Å². The van der Waals surface area contributed by atoms with Crippen molar-refractivity contribution < 1.29 is 23.2 Å². The number of sulfonamides is 1. The zero-order valence-corrected chi connectivity index (χ0v) is 21.7. The van der Waals surface area contributed by atoms with Gasteiger partial charge in [0, 0.05) is 32.8 Å². The van der Waals surface area contributed by atoms with Crippen molar-refractivity contribution in [2.75, 3.05) is 48.8 Å². The van der Waals surface area contributed by atoms with Gasteiger partial charge >= 0.3 is 11.4 Å². The molecule has 1 saturated heterocycles. The van der Waals surface area contributed by atoms with Crippen LogP contribution in [0.5, 0.6) is 5.75 Å². The molecule has 0 saturated carbocycles. The number of aromatic hydroxyl groups is 1. The number of fused-ring (bicyclic) bond motifs is 1. The molecule has 0 spiro atoms. The fourth-order valence-electron chi connectivity index (χ4n) is 4.32. The number of ether oxygens (including phenoxy) is 1. The number of rotatable bonds is 6. The largest absolute Gasteiger partial charge is 0.501 e. The number of nitrogens with one attached hydrogen (secondary N) is 2. The molecule has 194 valence electrons. The minimum Gasteiger partial charge on any atom is -0.501 e. The minimum atomic E-state index is -3.67. The number of imidazole rings is 1. The van der Waals surface area contributed by atoms with E-state index < -0.39 is 21.3 Å². The second kappa shape index (κ2) is 9.52. The van der Waals surface area contributed by atoms with Crippen molar-refractivity contribution in [2.24, 2.45) is 0 Å². The number of hydrogen-bond donors (Lipinski definition) is 2. The number of aromatic amines is 2. The lowest BCUT2D eigenvalue weighted by Gasteiger charge is -2.30. The molecule has 0 unspecified atom stereocenters. The van der Waals surface area contributed by atoms with E-state index in [1.165, 1.54) is 17.0 Å². The van der Waals surface area contributed by atoms with E-state index in [2.05, 4.69) is 15.0 Å². The Bertz CT molecular complexity index is 1620. The summed E-state index contributed by atoms with van der Waals surface area (Å²) in [6.45, 7) is 4.22. The maximum Gasteiger partial charge on any atom is 0.307 e. The lowest BCUT2D eigenvalue weighted by atomic mass is 10.1. The number of aromatic nitrogens is 4. The molecular weight excluding hydrogens is 496 g/mol. The lowest BCUT2D eigenvalue weighted by Crippen LogP contribution is -2.37. The Balaban J connectivity index is 1.63. The fraction of sp³-hybridized carbons (Fsp3) is 0.320. The van der Waals surface area contributed by atoms with Crippen LogP contribution in [-0.2, 0) is 21.2 Å². The Kier molecular flexibility index (Phi) is 6.38. The van der Waals surface area contributed by atoms with Gasteiger partial charge in [0.15, 0.2) is 5.65 Å². The first-order valence-electron chi connectivity index (χ1n) is 11.8. The Labute approximate surface area is 214 Å². The van der Waals surface area contributed by atoms with E-state index in [1.54, 1.807) is 18.5 Å². The van der Waals surface area contributed by atoms with Crippen LogP contribution in [0.15, 0.2) is 47.5 Å². The van der Waals surface area contributed by atoms with Crippen molar-refractivity contribution in [2.45, 2.75) is 13.3 Å². The molecule has 11 nitrogen and oxygen atoms in total. The predicted molar refractivity (Wildman–Crippen MR) is 140 cm³/mol. The average Bonchev–Trinajstić information content (AvgIpc) is 3.34. The number of nitrogens with zero attached hydrogens (tertiary/aromatic N) is 4. The standard InChI is InChI=1S/C25H28N6O5S/c1-16-4-6-17(7-5-16)12-18-14-26-23(27-18)21-22(32)25(33)31-15-19(30-8-10-36-11-9-30)13-20(24(31)28-21)29(2)37(3,34)35/h4-7,13-15,32H,8-12H2,1-3H3,(H,26,27)/p+1. The highest BCUT2D eigenvalue weighted by molar-refractivity contribution is 7.92. The highest BCUT2D eigenvalue weighted by Gasteiger charge is 2.26. The highest BCUT2D eigenvalue weighted by Crippen LogP contribution is 2.30. The minimum absolute atomic E-state index is 0.00225. The number of pyridine rings is 1. The molecule has 1 aromatic carbocycles. The molecule has 1 aliphatic rings. The second-order valence-electron chi connectivity index (χ2n) is 9.20. The summed E-state index contributed by atoms with van der Waals surface area (Å²) < 4.78 is 32.7. The first-order valence-corrected chi connectivity index (χ1v) is 13.7. The van der Waals surface area contributed by atoms with Gasteiger partial charge in [-0.25, -0.2) is 23.4 Å². The third-order valence-electron chi connectivity index (χ3n) is 6.51. The number of morpholine rings is 1. The maximum absolute atomic E-state index is 13.3. The Morgan fingerprint density at radius 2 is 1.92 bits per heavy atom. The summed E-state index contributed by atoms with van der Waals surface area (Å²) in [4.78, 5) is 26.1. The third kappa shape index (κ3) is 4.89. The van der Waals surface area contributed by atoms with Gasteiger partial charge in [0.05, 0.1) is 30.8 Å². The molecule has 4 aromatic rings. The van der Waals surface area contributed by atoms with E-state index in [0.29, 0.717) is 44.2 Å². The molecule has 0 aliphatic carbocycles. The van der Waals surface area contributed by atoms with Gasteiger partial charge in [-0.2, -0.15) is 0 Å². The predicted octanol–water partition coefficient (Wildman–Crippen LogP) is 1.34. The van der Waals surface area contributed by atoms with Crippen LogP contribution in [0.1, 0.15) is 16.8 Å². The van der Waals surface area contributed by atoms with Crippen molar-refractivity contribution >= 4 is 27.0 Å². The van der Waals surface area contributed by atoms with E-state index >= 15 is 0 Å². The molecule has 0 amide bonds. The summed E-state index contributed by atoms with van der Waals surface area (Å²) in [5, 5.41) is 10.9. The second-order valence-corrected chi connectivity index (χ2v) is 11.2. The molecule has 1 aliphatic heterocycles. The number of hydrogen-bond acceptors (Lipinski definition) is 7. The fourth-order valence-corrected chi connectivity index (χ4v) is 4.81. The van der Waals surface area contributed by atoms with Crippen LogP contribution in [0.3, 0.4) is 0 Å². The summed E-state index contributed by atoms with van der Waals surface area (Å²) >= 11 is 0. The van der Waals surface area contributed by atoms with Gasteiger partial charge in [-0.1, -0.05) is 29.8 Å². The van der Waals surface area contributed by atoms with Gasteiger partial charge in [-0.05, 0) is 18.6 Å². The van der Waals surface area contributed by atoms with E-state index in [9.17, 15) is 18.3 Å². The van der Waals surface area contributed by atoms with Crippen molar-refractivity contribution in [1.82, 2.24) is 14.4 Å². The molecule has 3 N–H and O–H groups in total. The Morgan fingerprint density at radius 3 is 2.59 bits per heavy atom. The average molecular weight is 526 g/mol. The molecule has 3 aromatic heterocycles. The molecule has 5 rings (SSSR count). The molecule has 1 fully saturated rings. The van der Waals surface area contributed by atoms with Crippen LogP contribution in [0.2, 0.25) is 0 Å². The van der Waals surface area contributed by atoms with E-state index in [4.69, 9.17) is 4.74 Å². The number of H-pyrrole nitrogens is 2. The van der Waals surface area contributed by atoms with Gasteiger partial charge in [0.25, 0.3) is 0 Å². The van der Waals surface area contributed by atoms with Gasteiger partial charge in [0.1, 0.15) is 11.9 Å². The number of anilines is 2. The van der Waals surface area contributed by atoms with Crippen molar-refractivity contribution in [3.05, 3.63) is 69.9 Å². The molecule has 0 bridgehead atoms. The smallest absolute Gasteiger partial charge is 0.307 e. The summed E-state index contributed by atoms with van der Waals surface area (Å²) in [6, 6.07) is 9.83. The first kappa shape index (κ1) is 24.8. The monoisotopic (exact) mass is 525 g/mol. The summed E-state index contributed by atoms with van der Waals surface area (Å²) in [7, 11) is -2.26. The molecule has 0 atom stereocenters. The van der Waals surface area contributed by atoms with Gasteiger partial charge < -0.3 is 14.7 Å². The van der Waals surface area contributed by atoms with Crippen LogP contribution >= 0.6 is 0 Å². The zero-order valence-electron chi connectivity index (χ0n) is 20.9. The first-order chi connectivity index (χ1) is 17.6. The number of benzene rings is 1. The molecule has 4 heterocycles. The summed E-state index contributed by atoms with van der Waals surface area (Å²) in [5.41, 5.74) is 3.34. The molecule has 37 heavy (non-hydrogen) atoms. The summed E-state index contributed by atoms with van der Waals surface area (Å²) in [6.07, 6.45) is 5.01. The number of aryl methyl sites for hydroxylation is 1. The van der Waals surface area contributed by atoms with Gasteiger partial charge in [-0.15, -0.1) is 0 Å². The van der Waals surface area contributed by atoms with E-state index in [-0.39, 0.29) is 17.0 Å². The normalized spacial score (nSPS) is 14.3. The maximum atomic E-state index is 13.3. The zero-order chi connectivity index (χ0) is 26.3. The summed E-state index contributed by atoms with van der Waals surface area (Å²) in [5.74, 6) is -0.214. The van der Waals surface area contributed by atoms with Crippen LogP contribution < -0.4 is 19.7 Å². The lowest BCUT2D eigenvalue weighted by molar-refractivity contribution is -0.362. The van der Waals surface area contributed by atoms with Crippen LogP contribution in [0, 0.1) is 6.92 Å². The Hall–Kier alpha value is -3.90. The van der Waals surface area contributed by atoms with Crippen LogP contribution in [0.25, 0.3) is 17.2 Å². The third-order valence-corrected chi connectivity index (χ3v) is 7.70. The quantitative estimate of drug-likeness (QED) is 0.388. The highest BCUT2D eigenvalue weighted by atomic mass is 32.2. The molecular formula is C25H29N6O5S+. The van der Waals surface area contributed by atoms with Gasteiger partial charge in [-0.3, -0.25) is 13.5 Å². The van der Waals surface area contributed by atoms with Crippen LogP contribution in [-0.4, -0.2) is 67.5 Å². The van der Waals surface area contributed by atoms with Crippen molar-refractivity contribution in [1.29, 1.82) is 0 Å². The molecule has 12 heteroatoms. The van der Waals surface area contributed by atoms with E-state index in [0.717, 1.165) is 21.8 Å². The van der Waals surface area contributed by atoms with Gasteiger partial charge in [0.2, 0.25) is 21.5 Å². The SMILES string of the molecule is Cc1ccc(Cc2c[nH+]c(-c3nc4c(N(C)S(C)(=O)=O)cc(N5CCOCC5)cn4c(=O)c3O)[nH]2)cc1. The van der Waals surface area contributed by atoms with Crippen molar-refractivity contribution in [3.8, 4) is 17.3 Å². The molecule has 0 radical (unpaired) electrons. The Morgan fingerprint density at radius 1 is 1.22 bits per heavy atom.